The van der Waals surface area contributed by atoms with Gasteiger partial charge in [0.15, 0.2) is 4.67 Å². The zero-order valence-electron chi connectivity index (χ0n) is 9.72. The molecule has 1 aromatic heterocycles. The summed E-state index contributed by atoms with van der Waals surface area (Å²) in [5.41, 5.74) is 0. The largest absolute Gasteiger partial charge is 0.453 e. The standard InChI is InChI=1S/C12H20BrNO/c1-9(2)4-5-10(3)14-8-11-6-7-12(13)15-11/h6-7,9-10,14H,4-5,8H2,1-3H3. The van der Waals surface area contributed by atoms with Crippen molar-refractivity contribution in [3.8, 4) is 0 Å². The van der Waals surface area contributed by atoms with Crippen molar-refractivity contribution < 1.29 is 4.42 Å². The van der Waals surface area contributed by atoms with E-state index in [2.05, 4.69) is 42.0 Å². The minimum absolute atomic E-state index is 0.552. The van der Waals surface area contributed by atoms with Gasteiger partial charge in [0.2, 0.25) is 0 Å². The molecule has 0 aliphatic rings. The molecule has 0 aromatic carbocycles. The first kappa shape index (κ1) is 12.8. The topological polar surface area (TPSA) is 25.2 Å². The molecule has 0 bridgehead atoms. The van der Waals surface area contributed by atoms with Gasteiger partial charge in [0.1, 0.15) is 5.76 Å². The molecule has 0 radical (unpaired) electrons. The van der Waals surface area contributed by atoms with Gasteiger partial charge in [0, 0.05) is 6.04 Å². The van der Waals surface area contributed by atoms with Gasteiger partial charge in [-0.3, -0.25) is 0 Å². The van der Waals surface area contributed by atoms with E-state index in [4.69, 9.17) is 4.42 Å². The molecule has 0 aliphatic carbocycles. The lowest BCUT2D eigenvalue weighted by atomic mass is 10.0. The number of furan rings is 1. The van der Waals surface area contributed by atoms with Gasteiger partial charge >= 0.3 is 0 Å². The van der Waals surface area contributed by atoms with E-state index in [1.54, 1.807) is 0 Å². The molecule has 2 nitrogen and oxygen atoms in total. The van der Waals surface area contributed by atoms with E-state index in [1.165, 1.54) is 12.8 Å². The Labute approximate surface area is 101 Å². The summed E-state index contributed by atoms with van der Waals surface area (Å²) in [4.78, 5) is 0. The Morgan fingerprint density at radius 2 is 2.00 bits per heavy atom. The summed E-state index contributed by atoms with van der Waals surface area (Å²) in [6.45, 7) is 7.55. The summed E-state index contributed by atoms with van der Waals surface area (Å²) in [6.07, 6.45) is 2.50. The Morgan fingerprint density at radius 3 is 2.53 bits per heavy atom. The number of hydrogen-bond acceptors (Lipinski definition) is 2. The van der Waals surface area contributed by atoms with Gasteiger partial charge < -0.3 is 9.73 Å². The quantitative estimate of drug-likeness (QED) is 0.849. The van der Waals surface area contributed by atoms with Crippen LogP contribution in [0.1, 0.15) is 39.4 Å². The van der Waals surface area contributed by atoms with Crippen LogP contribution in [0.5, 0.6) is 0 Å². The smallest absolute Gasteiger partial charge is 0.169 e. The van der Waals surface area contributed by atoms with Crippen molar-refractivity contribution in [1.82, 2.24) is 5.32 Å². The highest BCUT2D eigenvalue weighted by atomic mass is 79.9. The third-order valence-corrected chi connectivity index (χ3v) is 2.86. The lowest BCUT2D eigenvalue weighted by Crippen LogP contribution is -2.25. The molecule has 1 unspecified atom stereocenters. The van der Waals surface area contributed by atoms with E-state index in [-0.39, 0.29) is 0 Å². The Bertz CT molecular complexity index is 283. The normalized spacial score (nSPS) is 13.4. The average molecular weight is 274 g/mol. The van der Waals surface area contributed by atoms with Gasteiger partial charge in [0.25, 0.3) is 0 Å². The molecule has 1 heterocycles. The van der Waals surface area contributed by atoms with Gasteiger partial charge in [-0.05, 0) is 53.7 Å². The molecule has 1 atom stereocenters. The lowest BCUT2D eigenvalue weighted by Gasteiger charge is -2.13. The summed E-state index contributed by atoms with van der Waals surface area (Å²) in [6, 6.07) is 4.47. The minimum Gasteiger partial charge on any atom is -0.453 e. The van der Waals surface area contributed by atoms with E-state index < -0.39 is 0 Å². The molecule has 0 amide bonds. The van der Waals surface area contributed by atoms with Crippen LogP contribution in [0.4, 0.5) is 0 Å². The molecule has 1 N–H and O–H groups in total. The molecular formula is C12H20BrNO. The van der Waals surface area contributed by atoms with Crippen LogP contribution in [0.2, 0.25) is 0 Å². The van der Waals surface area contributed by atoms with Crippen LogP contribution in [-0.2, 0) is 6.54 Å². The third-order valence-electron chi connectivity index (χ3n) is 2.43. The first-order chi connectivity index (χ1) is 7.08. The maximum Gasteiger partial charge on any atom is 0.169 e. The zero-order chi connectivity index (χ0) is 11.3. The number of hydrogen-bond donors (Lipinski definition) is 1. The molecule has 0 saturated heterocycles. The third kappa shape index (κ3) is 5.38. The molecule has 15 heavy (non-hydrogen) atoms. The monoisotopic (exact) mass is 273 g/mol. The maximum atomic E-state index is 5.41. The molecule has 3 heteroatoms. The Morgan fingerprint density at radius 1 is 1.27 bits per heavy atom. The molecule has 1 aromatic rings. The summed E-state index contributed by atoms with van der Waals surface area (Å²) in [7, 11) is 0. The number of halogens is 1. The van der Waals surface area contributed by atoms with Crippen molar-refractivity contribution in [2.45, 2.75) is 46.2 Å². The van der Waals surface area contributed by atoms with Gasteiger partial charge in [-0.25, -0.2) is 0 Å². The zero-order valence-corrected chi connectivity index (χ0v) is 11.3. The minimum atomic E-state index is 0.552. The number of rotatable bonds is 6. The van der Waals surface area contributed by atoms with E-state index in [0.29, 0.717) is 6.04 Å². The fourth-order valence-electron chi connectivity index (χ4n) is 1.41. The van der Waals surface area contributed by atoms with Crippen LogP contribution >= 0.6 is 15.9 Å². The summed E-state index contributed by atoms with van der Waals surface area (Å²) in [5, 5.41) is 3.45. The van der Waals surface area contributed by atoms with Crippen LogP contribution in [0.25, 0.3) is 0 Å². The van der Waals surface area contributed by atoms with Crippen molar-refractivity contribution in [3.63, 3.8) is 0 Å². The molecule has 0 spiro atoms. The lowest BCUT2D eigenvalue weighted by molar-refractivity contribution is 0.412. The Balaban J connectivity index is 2.19. The fourth-order valence-corrected chi connectivity index (χ4v) is 1.75. The van der Waals surface area contributed by atoms with Crippen LogP contribution in [-0.4, -0.2) is 6.04 Å². The highest BCUT2D eigenvalue weighted by Crippen LogP contribution is 2.14. The average Bonchev–Trinajstić information content (AvgIpc) is 2.58. The van der Waals surface area contributed by atoms with E-state index in [0.717, 1.165) is 22.9 Å². The van der Waals surface area contributed by atoms with Crippen LogP contribution in [0.15, 0.2) is 21.2 Å². The van der Waals surface area contributed by atoms with Crippen molar-refractivity contribution in [1.29, 1.82) is 0 Å². The molecule has 0 aliphatic heterocycles. The first-order valence-corrected chi connectivity index (χ1v) is 6.35. The Kier molecular flexibility index (Phi) is 5.40. The summed E-state index contributed by atoms with van der Waals surface area (Å²) >= 11 is 3.29. The van der Waals surface area contributed by atoms with E-state index in [1.807, 2.05) is 12.1 Å². The van der Waals surface area contributed by atoms with Gasteiger partial charge in [-0.15, -0.1) is 0 Å². The first-order valence-electron chi connectivity index (χ1n) is 5.55. The van der Waals surface area contributed by atoms with Gasteiger partial charge in [-0.2, -0.15) is 0 Å². The fraction of sp³-hybridized carbons (Fsp3) is 0.667. The molecular weight excluding hydrogens is 254 g/mol. The van der Waals surface area contributed by atoms with Crippen LogP contribution < -0.4 is 5.32 Å². The van der Waals surface area contributed by atoms with Crippen molar-refractivity contribution >= 4 is 15.9 Å². The molecule has 0 fully saturated rings. The highest BCUT2D eigenvalue weighted by Gasteiger charge is 2.05. The van der Waals surface area contributed by atoms with Crippen LogP contribution in [0.3, 0.4) is 0 Å². The van der Waals surface area contributed by atoms with Crippen LogP contribution in [0, 0.1) is 5.92 Å². The highest BCUT2D eigenvalue weighted by molar-refractivity contribution is 9.10. The summed E-state index contributed by atoms with van der Waals surface area (Å²) < 4.78 is 6.21. The second kappa shape index (κ2) is 6.33. The van der Waals surface area contributed by atoms with Crippen molar-refractivity contribution in [2.24, 2.45) is 5.92 Å². The predicted octanol–water partition coefficient (Wildman–Crippen LogP) is 3.96. The Hall–Kier alpha value is -0.280. The molecule has 0 saturated carbocycles. The number of nitrogens with one attached hydrogen (secondary N) is 1. The predicted molar refractivity (Wildman–Crippen MR) is 66.8 cm³/mol. The second-order valence-corrected chi connectivity index (χ2v) is 5.24. The molecule has 86 valence electrons. The van der Waals surface area contributed by atoms with Crippen molar-refractivity contribution in [3.05, 3.63) is 22.6 Å². The van der Waals surface area contributed by atoms with Crippen molar-refractivity contribution in [2.75, 3.05) is 0 Å². The maximum absolute atomic E-state index is 5.41. The van der Waals surface area contributed by atoms with E-state index in [9.17, 15) is 0 Å². The SMILES string of the molecule is CC(C)CCC(C)NCc1ccc(Br)o1. The van der Waals surface area contributed by atoms with Gasteiger partial charge in [-0.1, -0.05) is 13.8 Å². The van der Waals surface area contributed by atoms with E-state index >= 15 is 0 Å². The van der Waals surface area contributed by atoms with Gasteiger partial charge in [0.05, 0.1) is 6.54 Å². The molecule has 1 rings (SSSR count). The second-order valence-electron chi connectivity index (χ2n) is 4.46. The summed E-state index contributed by atoms with van der Waals surface area (Å²) in [5.74, 6) is 1.77.